The molecule has 3 heteroatoms. The van der Waals surface area contributed by atoms with E-state index in [9.17, 15) is 0 Å². The molecule has 0 fully saturated rings. The van der Waals surface area contributed by atoms with Crippen molar-refractivity contribution in [3.05, 3.63) is 0 Å². The predicted molar refractivity (Wildman–Crippen MR) is 47.5 cm³/mol. The Bertz CT molecular complexity index is 169. The van der Waals surface area contributed by atoms with Gasteiger partial charge < -0.3 is 5.43 Å². The Balaban J connectivity index is 2.74. The van der Waals surface area contributed by atoms with Gasteiger partial charge in [-0.1, -0.05) is 20.8 Å². The lowest BCUT2D eigenvalue weighted by molar-refractivity contribution is 0.149. The number of nitrogens with zero attached hydrogens (tertiary/aromatic N) is 1. The summed E-state index contributed by atoms with van der Waals surface area (Å²) in [5.74, 6) is 0. The van der Waals surface area contributed by atoms with E-state index >= 15 is 0 Å². The van der Waals surface area contributed by atoms with Gasteiger partial charge in [0.1, 0.15) is 0 Å². The van der Waals surface area contributed by atoms with Crippen molar-refractivity contribution >= 4 is 6.34 Å². The van der Waals surface area contributed by atoms with E-state index in [2.05, 4.69) is 43.5 Å². The van der Waals surface area contributed by atoms with Gasteiger partial charge in [0.15, 0.2) is 0 Å². The van der Waals surface area contributed by atoms with Gasteiger partial charge in [-0.3, -0.25) is 4.99 Å². The topological polar surface area (TPSA) is 36.4 Å². The summed E-state index contributed by atoms with van der Waals surface area (Å²) in [6, 6.07) is 0. The van der Waals surface area contributed by atoms with Crippen LogP contribution in [0.15, 0.2) is 4.99 Å². The lowest BCUT2D eigenvalue weighted by Gasteiger charge is -2.42. The van der Waals surface area contributed by atoms with Crippen molar-refractivity contribution in [3.63, 3.8) is 0 Å². The van der Waals surface area contributed by atoms with Crippen LogP contribution in [0.4, 0.5) is 0 Å². The first-order valence-electron chi connectivity index (χ1n) is 3.97. The summed E-state index contributed by atoms with van der Waals surface area (Å²) >= 11 is 0. The van der Waals surface area contributed by atoms with Crippen molar-refractivity contribution in [2.45, 2.75) is 33.2 Å². The van der Waals surface area contributed by atoms with E-state index in [1.165, 1.54) is 0 Å². The summed E-state index contributed by atoms with van der Waals surface area (Å²) in [7, 11) is 0. The number of nitrogens with one attached hydrogen (secondary N) is 2. The third-order valence-electron chi connectivity index (χ3n) is 2.57. The second-order valence-electron chi connectivity index (χ2n) is 4.32. The average molecular weight is 155 g/mol. The first-order valence-corrected chi connectivity index (χ1v) is 3.97. The monoisotopic (exact) mass is 155 g/mol. The van der Waals surface area contributed by atoms with E-state index < -0.39 is 0 Å². The van der Waals surface area contributed by atoms with E-state index in [0.717, 1.165) is 6.54 Å². The highest BCUT2D eigenvalue weighted by Gasteiger charge is 2.37. The summed E-state index contributed by atoms with van der Waals surface area (Å²) in [6.45, 7) is 9.65. The molecule has 0 saturated carbocycles. The smallest absolute Gasteiger partial charge is 0.0967 e. The lowest BCUT2D eigenvalue weighted by Crippen LogP contribution is -2.61. The van der Waals surface area contributed by atoms with Crippen molar-refractivity contribution in [1.29, 1.82) is 0 Å². The Labute approximate surface area is 68.3 Å². The zero-order chi connectivity index (χ0) is 8.54. The minimum absolute atomic E-state index is 0.0573. The molecule has 0 aromatic carbocycles. The molecular formula is C8H17N3. The molecule has 1 rings (SSSR count). The van der Waals surface area contributed by atoms with Crippen LogP contribution in [0.2, 0.25) is 0 Å². The number of hydrogen-bond acceptors (Lipinski definition) is 3. The standard InChI is InChI=1S/C8H17N3/c1-7(2,3)8(4)5-9-6-10-11-8/h6,11H,5H2,1-4H3,(H,9,10). The SMILES string of the molecule is CC(C)(C)C1(C)CN=CNN1. The maximum atomic E-state index is 4.20. The number of rotatable bonds is 0. The molecular weight excluding hydrogens is 138 g/mol. The minimum Gasteiger partial charge on any atom is -0.312 e. The maximum absolute atomic E-state index is 4.20. The Morgan fingerprint density at radius 2 is 2.09 bits per heavy atom. The molecule has 3 nitrogen and oxygen atoms in total. The molecule has 0 aromatic heterocycles. The molecule has 1 atom stereocenters. The second kappa shape index (κ2) is 2.48. The normalized spacial score (nSPS) is 31.6. The van der Waals surface area contributed by atoms with E-state index in [1.54, 1.807) is 6.34 Å². The Hall–Kier alpha value is -0.570. The van der Waals surface area contributed by atoms with E-state index in [0.29, 0.717) is 0 Å². The molecule has 0 bridgehead atoms. The molecule has 1 aliphatic heterocycles. The van der Waals surface area contributed by atoms with Crippen LogP contribution in [-0.2, 0) is 0 Å². The highest BCUT2D eigenvalue weighted by Crippen LogP contribution is 2.30. The van der Waals surface area contributed by atoms with Crippen LogP contribution in [0.25, 0.3) is 0 Å². The van der Waals surface area contributed by atoms with E-state index in [1.807, 2.05) is 0 Å². The zero-order valence-corrected chi connectivity index (χ0v) is 7.73. The van der Waals surface area contributed by atoms with Crippen LogP contribution in [-0.4, -0.2) is 18.4 Å². The van der Waals surface area contributed by atoms with Crippen molar-refractivity contribution in [3.8, 4) is 0 Å². The van der Waals surface area contributed by atoms with E-state index in [-0.39, 0.29) is 11.0 Å². The first kappa shape index (κ1) is 8.53. The third-order valence-corrected chi connectivity index (χ3v) is 2.57. The molecule has 1 aliphatic rings. The highest BCUT2D eigenvalue weighted by atomic mass is 15.4. The van der Waals surface area contributed by atoms with Crippen LogP contribution in [0, 0.1) is 5.41 Å². The quantitative estimate of drug-likeness (QED) is 0.546. The largest absolute Gasteiger partial charge is 0.312 e. The molecule has 0 aliphatic carbocycles. The molecule has 0 radical (unpaired) electrons. The van der Waals surface area contributed by atoms with E-state index in [4.69, 9.17) is 0 Å². The first-order chi connectivity index (χ1) is 4.96. The summed E-state index contributed by atoms with van der Waals surface area (Å²) < 4.78 is 0. The summed E-state index contributed by atoms with van der Waals surface area (Å²) in [5, 5.41) is 0. The van der Waals surface area contributed by atoms with Gasteiger partial charge in [0.05, 0.1) is 18.4 Å². The predicted octanol–water partition coefficient (Wildman–Crippen LogP) is 0.927. The van der Waals surface area contributed by atoms with Gasteiger partial charge in [0, 0.05) is 0 Å². The highest BCUT2D eigenvalue weighted by molar-refractivity contribution is 5.54. The molecule has 0 aromatic rings. The summed E-state index contributed by atoms with van der Waals surface area (Å²) in [6.07, 6.45) is 1.70. The van der Waals surface area contributed by atoms with Gasteiger partial charge in [-0.15, -0.1) is 0 Å². The van der Waals surface area contributed by atoms with Gasteiger partial charge in [-0.05, 0) is 12.3 Å². The zero-order valence-electron chi connectivity index (χ0n) is 7.73. The fraction of sp³-hybridized carbons (Fsp3) is 0.875. The number of hydrogen-bond donors (Lipinski definition) is 2. The molecule has 0 saturated heterocycles. The Morgan fingerprint density at radius 1 is 1.45 bits per heavy atom. The number of aliphatic imine (C=N–C) groups is 1. The van der Waals surface area contributed by atoms with Crippen molar-refractivity contribution < 1.29 is 0 Å². The average Bonchev–Trinajstić information content (AvgIpc) is 1.87. The van der Waals surface area contributed by atoms with Crippen molar-refractivity contribution in [2.75, 3.05) is 6.54 Å². The van der Waals surface area contributed by atoms with Crippen LogP contribution in [0.5, 0.6) is 0 Å². The summed E-state index contributed by atoms with van der Waals surface area (Å²) in [5.41, 5.74) is 6.45. The lowest BCUT2D eigenvalue weighted by atomic mass is 9.75. The third kappa shape index (κ3) is 1.53. The van der Waals surface area contributed by atoms with Crippen LogP contribution in [0.3, 0.4) is 0 Å². The molecule has 0 amide bonds. The minimum atomic E-state index is 0.0573. The second-order valence-corrected chi connectivity index (χ2v) is 4.32. The molecule has 11 heavy (non-hydrogen) atoms. The van der Waals surface area contributed by atoms with Gasteiger partial charge >= 0.3 is 0 Å². The fourth-order valence-electron chi connectivity index (χ4n) is 0.930. The Morgan fingerprint density at radius 3 is 2.36 bits per heavy atom. The van der Waals surface area contributed by atoms with Gasteiger partial charge in [0.2, 0.25) is 0 Å². The maximum Gasteiger partial charge on any atom is 0.0967 e. The van der Waals surface area contributed by atoms with Crippen molar-refractivity contribution in [2.24, 2.45) is 10.4 Å². The molecule has 2 N–H and O–H groups in total. The van der Waals surface area contributed by atoms with Crippen LogP contribution >= 0.6 is 0 Å². The Kier molecular flexibility index (Phi) is 1.92. The number of hydrazine groups is 1. The molecule has 64 valence electrons. The van der Waals surface area contributed by atoms with Gasteiger partial charge in [0.25, 0.3) is 0 Å². The molecule has 0 spiro atoms. The van der Waals surface area contributed by atoms with Crippen molar-refractivity contribution in [1.82, 2.24) is 10.9 Å². The van der Waals surface area contributed by atoms with Gasteiger partial charge in [-0.25, -0.2) is 5.43 Å². The van der Waals surface area contributed by atoms with Gasteiger partial charge in [-0.2, -0.15) is 0 Å². The van der Waals surface area contributed by atoms with Crippen LogP contribution < -0.4 is 10.9 Å². The molecule has 1 heterocycles. The molecule has 1 unspecified atom stereocenters. The van der Waals surface area contributed by atoms with Crippen LogP contribution in [0.1, 0.15) is 27.7 Å². The fourth-order valence-corrected chi connectivity index (χ4v) is 0.930. The summed E-state index contributed by atoms with van der Waals surface area (Å²) in [4.78, 5) is 4.20.